The van der Waals surface area contributed by atoms with Gasteiger partial charge in [-0.15, -0.1) is 0 Å². The fourth-order valence-corrected chi connectivity index (χ4v) is 2.80. The first kappa shape index (κ1) is 11.4. The van der Waals surface area contributed by atoms with E-state index in [0.717, 1.165) is 6.54 Å². The van der Waals surface area contributed by atoms with Crippen LogP contribution in [-0.2, 0) is 4.74 Å². The highest BCUT2D eigenvalue weighted by molar-refractivity contribution is 4.87. The lowest BCUT2D eigenvalue weighted by atomic mass is 9.99. The summed E-state index contributed by atoms with van der Waals surface area (Å²) in [5.41, 5.74) is 0. The molecule has 88 valence electrons. The molecule has 15 heavy (non-hydrogen) atoms. The second kappa shape index (κ2) is 4.81. The second-order valence-corrected chi connectivity index (χ2v) is 5.17. The Balaban J connectivity index is 1.98. The van der Waals surface area contributed by atoms with E-state index in [9.17, 15) is 0 Å². The van der Waals surface area contributed by atoms with Gasteiger partial charge in [-0.2, -0.15) is 0 Å². The monoisotopic (exact) mass is 212 g/mol. The molecule has 2 rings (SSSR count). The Kier molecular flexibility index (Phi) is 3.65. The molecule has 2 heterocycles. The van der Waals surface area contributed by atoms with Crippen LogP contribution in [0.3, 0.4) is 0 Å². The first-order valence-electron chi connectivity index (χ1n) is 6.33. The molecule has 3 atom stereocenters. The number of nitrogens with one attached hydrogen (secondary N) is 1. The van der Waals surface area contributed by atoms with Gasteiger partial charge in [0.1, 0.15) is 6.23 Å². The van der Waals surface area contributed by atoms with Crippen molar-refractivity contribution < 1.29 is 4.74 Å². The molecule has 0 aliphatic carbocycles. The molecule has 2 aliphatic rings. The Morgan fingerprint density at radius 2 is 2.13 bits per heavy atom. The van der Waals surface area contributed by atoms with Crippen LogP contribution in [0.1, 0.15) is 40.0 Å². The maximum absolute atomic E-state index is 5.93. The lowest BCUT2D eigenvalue weighted by Gasteiger charge is -2.41. The van der Waals surface area contributed by atoms with E-state index in [1.807, 2.05) is 0 Å². The van der Waals surface area contributed by atoms with Gasteiger partial charge in [0, 0.05) is 18.6 Å². The van der Waals surface area contributed by atoms with Crippen LogP contribution in [-0.4, -0.2) is 42.4 Å². The molecule has 0 radical (unpaired) electrons. The maximum Gasteiger partial charge on any atom is 0.124 e. The number of likely N-dealkylation sites (tertiary alicyclic amines) is 1. The molecule has 0 aromatic heterocycles. The third-order valence-electron chi connectivity index (χ3n) is 3.59. The maximum atomic E-state index is 5.93. The van der Waals surface area contributed by atoms with Crippen molar-refractivity contribution in [2.24, 2.45) is 0 Å². The number of rotatable bonds is 2. The van der Waals surface area contributed by atoms with Crippen molar-refractivity contribution in [3.05, 3.63) is 0 Å². The highest BCUT2D eigenvalue weighted by atomic mass is 16.5. The molecule has 2 aliphatic heterocycles. The number of hydrogen-bond donors (Lipinski definition) is 1. The summed E-state index contributed by atoms with van der Waals surface area (Å²) < 4.78 is 5.93. The van der Waals surface area contributed by atoms with Gasteiger partial charge in [-0.25, -0.2) is 0 Å². The Morgan fingerprint density at radius 3 is 2.73 bits per heavy atom. The van der Waals surface area contributed by atoms with E-state index in [2.05, 4.69) is 31.0 Å². The van der Waals surface area contributed by atoms with Crippen molar-refractivity contribution in [2.45, 2.75) is 64.4 Å². The van der Waals surface area contributed by atoms with E-state index in [1.54, 1.807) is 0 Å². The lowest BCUT2D eigenvalue weighted by Crippen LogP contribution is -2.53. The zero-order valence-corrected chi connectivity index (χ0v) is 10.2. The van der Waals surface area contributed by atoms with Gasteiger partial charge in [0.25, 0.3) is 0 Å². The van der Waals surface area contributed by atoms with Crippen LogP contribution in [0, 0.1) is 0 Å². The van der Waals surface area contributed by atoms with Crippen LogP contribution >= 0.6 is 0 Å². The first-order valence-corrected chi connectivity index (χ1v) is 6.33. The van der Waals surface area contributed by atoms with Gasteiger partial charge in [-0.05, 0) is 40.2 Å². The largest absolute Gasteiger partial charge is 0.357 e. The average molecular weight is 212 g/mol. The first-order chi connectivity index (χ1) is 7.18. The van der Waals surface area contributed by atoms with Crippen LogP contribution in [0.25, 0.3) is 0 Å². The van der Waals surface area contributed by atoms with E-state index in [0.29, 0.717) is 18.2 Å². The Morgan fingerprint density at radius 1 is 1.33 bits per heavy atom. The molecule has 0 aromatic rings. The van der Waals surface area contributed by atoms with Gasteiger partial charge in [0.05, 0.1) is 6.10 Å². The minimum atomic E-state index is 0.266. The zero-order valence-electron chi connectivity index (χ0n) is 10.2. The SMILES string of the molecule is CC1CNC(C2CCCCN2C(C)C)O1. The molecule has 0 aromatic carbocycles. The summed E-state index contributed by atoms with van der Waals surface area (Å²) in [6, 6.07) is 1.22. The fourth-order valence-electron chi connectivity index (χ4n) is 2.80. The van der Waals surface area contributed by atoms with Crippen molar-refractivity contribution in [1.82, 2.24) is 10.2 Å². The van der Waals surface area contributed by atoms with Gasteiger partial charge in [-0.1, -0.05) is 6.42 Å². The molecule has 0 saturated carbocycles. The summed E-state index contributed by atoms with van der Waals surface area (Å²) in [5.74, 6) is 0. The molecule has 0 amide bonds. The number of hydrogen-bond acceptors (Lipinski definition) is 3. The third-order valence-corrected chi connectivity index (χ3v) is 3.59. The van der Waals surface area contributed by atoms with Gasteiger partial charge < -0.3 is 4.74 Å². The highest BCUT2D eigenvalue weighted by Gasteiger charge is 2.35. The van der Waals surface area contributed by atoms with E-state index in [4.69, 9.17) is 4.74 Å². The zero-order chi connectivity index (χ0) is 10.8. The smallest absolute Gasteiger partial charge is 0.124 e. The van der Waals surface area contributed by atoms with Crippen LogP contribution in [0.4, 0.5) is 0 Å². The van der Waals surface area contributed by atoms with Crippen LogP contribution in [0.5, 0.6) is 0 Å². The Bertz CT molecular complexity index is 208. The second-order valence-electron chi connectivity index (χ2n) is 5.17. The molecule has 2 saturated heterocycles. The van der Waals surface area contributed by atoms with Gasteiger partial charge in [0.15, 0.2) is 0 Å². The van der Waals surface area contributed by atoms with E-state index in [-0.39, 0.29) is 6.23 Å². The molecule has 0 bridgehead atoms. The number of piperidine rings is 1. The van der Waals surface area contributed by atoms with Crippen molar-refractivity contribution in [3.63, 3.8) is 0 Å². The average Bonchev–Trinajstić information content (AvgIpc) is 2.65. The number of nitrogens with zero attached hydrogens (tertiary/aromatic N) is 1. The van der Waals surface area contributed by atoms with E-state index in [1.165, 1.54) is 25.8 Å². The van der Waals surface area contributed by atoms with Crippen molar-refractivity contribution in [2.75, 3.05) is 13.1 Å². The van der Waals surface area contributed by atoms with Crippen LogP contribution in [0.15, 0.2) is 0 Å². The fraction of sp³-hybridized carbons (Fsp3) is 1.00. The standard InChI is InChI=1S/C12H24N2O/c1-9(2)14-7-5-4-6-11(14)12-13-8-10(3)15-12/h9-13H,4-8H2,1-3H3. The summed E-state index contributed by atoms with van der Waals surface area (Å²) >= 11 is 0. The van der Waals surface area contributed by atoms with Gasteiger partial charge in [-0.3, -0.25) is 10.2 Å². The Labute approximate surface area is 93.2 Å². The normalized spacial score (nSPS) is 38.8. The topological polar surface area (TPSA) is 24.5 Å². The molecule has 3 nitrogen and oxygen atoms in total. The summed E-state index contributed by atoms with van der Waals surface area (Å²) in [6.45, 7) is 8.97. The van der Waals surface area contributed by atoms with Gasteiger partial charge >= 0.3 is 0 Å². The lowest BCUT2D eigenvalue weighted by molar-refractivity contribution is -0.0370. The van der Waals surface area contributed by atoms with Crippen molar-refractivity contribution in [3.8, 4) is 0 Å². The molecule has 2 fully saturated rings. The third kappa shape index (κ3) is 2.52. The molecule has 3 heteroatoms. The molecule has 0 spiro atoms. The summed E-state index contributed by atoms with van der Waals surface area (Å²) in [7, 11) is 0. The molecular formula is C12H24N2O. The Hall–Kier alpha value is -0.120. The van der Waals surface area contributed by atoms with Gasteiger partial charge in [0.2, 0.25) is 0 Å². The molecular weight excluding hydrogens is 188 g/mol. The summed E-state index contributed by atoms with van der Waals surface area (Å²) in [6.07, 6.45) is 4.62. The summed E-state index contributed by atoms with van der Waals surface area (Å²) in [4.78, 5) is 2.60. The van der Waals surface area contributed by atoms with Crippen molar-refractivity contribution in [1.29, 1.82) is 0 Å². The van der Waals surface area contributed by atoms with Crippen LogP contribution < -0.4 is 5.32 Å². The minimum absolute atomic E-state index is 0.266. The van der Waals surface area contributed by atoms with E-state index >= 15 is 0 Å². The van der Waals surface area contributed by atoms with Crippen LogP contribution in [0.2, 0.25) is 0 Å². The molecule has 3 unspecified atom stereocenters. The van der Waals surface area contributed by atoms with E-state index < -0.39 is 0 Å². The quantitative estimate of drug-likeness (QED) is 0.752. The summed E-state index contributed by atoms with van der Waals surface area (Å²) in [5, 5.41) is 3.50. The predicted molar refractivity (Wildman–Crippen MR) is 61.8 cm³/mol. The molecule has 1 N–H and O–H groups in total. The predicted octanol–water partition coefficient (Wildman–Crippen LogP) is 1.58. The number of ether oxygens (including phenoxy) is 1. The van der Waals surface area contributed by atoms with Crippen molar-refractivity contribution >= 4 is 0 Å². The minimum Gasteiger partial charge on any atom is -0.357 e. The highest BCUT2D eigenvalue weighted by Crippen LogP contribution is 2.24.